The van der Waals surface area contributed by atoms with Gasteiger partial charge in [-0.05, 0) is 33.9 Å². The molecule has 0 saturated carbocycles. The summed E-state index contributed by atoms with van der Waals surface area (Å²) in [6.45, 7) is 0. The van der Waals surface area contributed by atoms with E-state index in [-0.39, 0.29) is 5.97 Å². The van der Waals surface area contributed by atoms with Gasteiger partial charge in [0.05, 0.1) is 5.56 Å². The molecule has 6 rings (SSSR count). The Hall–Kier alpha value is -4.91. The van der Waals surface area contributed by atoms with E-state index in [2.05, 4.69) is 36.1 Å². The summed E-state index contributed by atoms with van der Waals surface area (Å²) in [5.41, 5.74) is 12.0. The molecule has 0 radical (unpaired) electrons. The van der Waals surface area contributed by atoms with Gasteiger partial charge in [-0.3, -0.25) is 0 Å². The molecule has 0 aromatic heterocycles. The van der Waals surface area contributed by atoms with Gasteiger partial charge in [-0.2, -0.15) is 0 Å². The Morgan fingerprint density at radius 1 is 0.568 bits per heavy atom. The summed E-state index contributed by atoms with van der Waals surface area (Å²) in [7, 11) is 0. The van der Waals surface area contributed by atoms with E-state index in [1.165, 1.54) is 0 Å². The van der Waals surface area contributed by atoms with E-state index in [9.17, 15) is 4.79 Å². The molecule has 2 nitrogen and oxygen atoms in total. The molecule has 0 amide bonds. The van der Waals surface area contributed by atoms with Crippen molar-refractivity contribution in [2.24, 2.45) is 0 Å². The minimum absolute atomic E-state index is 0.326. The summed E-state index contributed by atoms with van der Waals surface area (Å²) in [6, 6.07) is 46.5. The Kier molecular flexibility index (Phi) is 6.09. The van der Waals surface area contributed by atoms with Crippen molar-refractivity contribution in [3.8, 4) is 11.1 Å². The first kappa shape index (κ1) is 22.5. The van der Waals surface area contributed by atoms with Crippen molar-refractivity contribution in [1.82, 2.24) is 0 Å². The molecule has 0 aliphatic carbocycles. The largest absolute Gasteiger partial charge is 0.448 e. The molecule has 5 aromatic rings. The van der Waals surface area contributed by atoms with Crippen molar-refractivity contribution in [2.75, 3.05) is 0 Å². The van der Waals surface area contributed by atoms with Crippen LogP contribution >= 0.6 is 0 Å². The van der Waals surface area contributed by atoms with Crippen molar-refractivity contribution in [3.05, 3.63) is 173 Å². The third-order valence-electron chi connectivity index (χ3n) is 6.61. The Bertz CT molecular complexity index is 1570. The van der Waals surface area contributed by atoms with Crippen LogP contribution in [0.25, 0.3) is 22.3 Å². The first-order chi connectivity index (χ1) is 18.3. The van der Waals surface area contributed by atoms with E-state index in [0.717, 1.165) is 44.5 Å². The maximum atomic E-state index is 13.4. The number of hydrogen-bond acceptors (Lipinski definition) is 2. The van der Waals surface area contributed by atoms with E-state index in [1.807, 2.05) is 109 Å². The Balaban J connectivity index is 1.64. The van der Waals surface area contributed by atoms with Gasteiger partial charge in [-0.25, -0.2) is 4.79 Å². The van der Waals surface area contributed by atoms with Gasteiger partial charge in [-0.15, -0.1) is 5.73 Å². The van der Waals surface area contributed by atoms with E-state index in [4.69, 9.17) is 4.74 Å². The lowest BCUT2D eigenvalue weighted by Crippen LogP contribution is -2.21. The van der Waals surface area contributed by atoms with E-state index in [0.29, 0.717) is 5.56 Å². The van der Waals surface area contributed by atoms with Gasteiger partial charge >= 0.3 is 5.97 Å². The monoisotopic (exact) mass is 476 g/mol. The van der Waals surface area contributed by atoms with Crippen LogP contribution in [-0.4, -0.2) is 5.97 Å². The molecule has 37 heavy (non-hydrogen) atoms. The normalized spacial score (nSPS) is 14.3. The highest BCUT2D eigenvalue weighted by Gasteiger charge is 2.32. The molecule has 1 heterocycles. The summed E-state index contributed by atoms with van der Waals surface area (Å²) in [5, 5.41) is 0. The minimum Gasteiger partial charge on any atom is -0.448 e. The minimum atomic E-state index is -0.564. The third kappa shape index (κ3) is 4.54. The second kappa shape index (κ2) is 9.99. The van der Waals surface area contributed by atoms with Crippen LogP contribution in [0.15, 0.2) is 145 Å². The molecular weight excluding hydrogens is 452 g/mol. The third-order valence-corrected chi connectivity index (χ3v) is 6.61. The second-order valence-electron chi connectivity index (χ2n) is 8.97. The van der Waals surface area contributed by atoms with Crippen molar-refractivity contribution in [1.29, 1.82) is 0 Å². The standard InChI is InChI=1S/C35H24O2/c36-35-33-23-29(25-13-5-1-6-14-25)21-22-30(33)32(34(37-35)28-19-11-4-12-20-28)24-31(26-15-7-2-8-16-26)27-17-9-3-10-18-27/h1-23,34H. The first-order valence-corrected chi connectivity index (χ1v) is 12.4. The van der Waals surface area contributed by atoms with Gasteiger partial charge in [0, 0.05) is 16.7 Å². The maximum absolute atomic E-state index is 13.4. The van der Waals surface area contributed by atoms with Gasteiger partial charge in [-0.1, -0.05) is 133 Å². The molecule has 0 N–H and O–H groups in total. The zero-order valence-corrected chi connectivity index (χ0v) is 20.2. The van der Waals surface area contributed by atoms with E-state index >= 15 is 0 Å². The number of fused-ring (bicyclic) bond motifs is 1. The van der Waals surface area contributed by atoms with E-state index in [1.54, 1.807) is 0 Å². The summed E-state index contributed by atoms with van der Waals surface area (Å²) in [5.74, 6) is -0.326. The van der Waals surface area contributed by atoms with E-state index < -0.39 is 6.10 Å². The predicted octanol–water partition coefficient (Wildman–Crippen LogP) is 8.38. The van der Waals surface area contributed by atoms with Crippen LogP contribution in [0, 0.1) is 0 Å². The van der Waals surface area contributed by atoms with Gasteiger partial charge in [0.1, 0.15) is 0 Å². The SMILES string of the molecule is O=C1OC(c2ccccc2)C(=C=C(c2ccccc2)c2ccccc2)c2ccc(-c3ccccc3)cc21. The fourth-order valence-electron chi connectivity index (χ4n) is 4.78. The van der Waals surface area contributed by atoms with Crippen molar-refractivity contribution < 1.29 is 9.53 Å². The van der Waals surface area contributed by atoms with Gasteiger partial charge < -0.3 is 4.74 Å². The van der Waals surface area contributed by atoms with Crippen LogP contribution in [0.2, 0.25) is 0 Å². The molecule has 0 saturated heterocycles. The zero-order chi connectivity index (χ0) is 25.0. The maximum Gasteiger partial charge on any atom is 0.339 e. The Labute approximate surface area is 216 Å². The lowest BCUT2D eigenvalue weighted by Gasteiger charge is -2.27. The molecular formula is C35H24O2. The number of hydrogen-bond donors (Lipinski definition) is 0. The highest BCUT2D eigenvalue weighted by atomic mass is 16.5. The number of benzene rings is 5. The van der Waals surface area contributed by atoms with Crippen LogP contribution in [0.5, 0.6) is 0 Å². The van der Waals surface area contributed by atoms with Crippen molar-refractivity contribution in [2.45, 2.75) is 6.10 Å². The van der Waals surface area contributed by atoms with Crippen LogP contribution in [0.4, 0.5) is 0 Å². The fraction of sp³-hybridized carbons (Fsp3) is 0.0286. The Morgan fingerprint density at radius 2 is 1.11 bits per heavy atom. The van der Waals surface area contributed by atoms with Gasteiger partial charge in [0.25, 0.3) is 0 Å². The molecule has 5 aromatic carbocycles. The zero-order valence-electron chi connectivity index (χ0n) is 20.2. The molecule has 0 fully saturated rings. The highest BCUT2D eigenvalue weighted by molar-refractivity contribution is 6.01. The number of rotatable bonds is 4. The average Bonchev–Trinajstić information content (AvgIpc) is 2.98. The predicted molar refractivity (Wildman–Crippen MR) is 149 cm³/mol. The number of ether oxygens (including phenoxy) is 1. The number of carbonyl (C=O) groups excluding carboxylic acids is 1. The first-order valence-electron chi connectivity index (χ1n) is 12.4. The topological polar surface area (TPSA) is 26.3 Å². The number of esters is 1. The smallest absolute Gasteiger partial charge is 0.339 e. The highest BCUT2D eigenvalue weighted by Crippen LogP contribution is 2.41. The molecule has 1 aliphatic heterocycles. The second-order valence-corrected chi connectivity index (χ2v) is 8.97. The molecule has 176 valence electrons. The van der Waals surface area contributed by atoms with Crippen molar-refractivity contribution in [3.63, 3.8) is 0 Å². The summed E-state index contributed by atoms with van der Waals surface area (Å²) < 4.78 is 6.12. The lowest BCUT2D eigenvalue weighted by atomic mass is 9.86. The van der Waals surface area contributed by atoms with Crippen LogP contribution in [0.1, 0.15) is 38.7 Å². The van der Waals surface area contributed by atoms with Crippen LogP contribution < -0.4 is 0 Å². The average molecular weight is 477 g/mol. The molecule has 1 atom stereocenters. The summed E-state index contributed by atoms with van der Waals surface area (Å²) >= 11 is 0. The lowest BCUT2D eigenvalue weighted by molar-refractivity contribution is 0.0388. The van der Waals surface area contributed by atoms with Crippen molar-refractivity contribution >= 4 is 17.1 Å². The number of carbonyl (C=O) groups is 1. The number of cyclic esters (lactones) is 1. The summed E-state index contributed by atoms with van der Waals surface area (Å²) in [6.07, 6.45) is -0.564. The van der Waals surface area contributed by atoms with Crippen LogP contribution in [0.3, 0.4) is 0 Å². The quantitative estimate of drug-likeness (QED) is 0.192. The fourth-order valence-corrected chi connectivity index (χ4v) is 4.78. The summed E-state index contributed by atoms with van der Waals surface area (Å²) in [4.78, 5) is 13.4. The van der Waals surface area contributed by atoms with Crippen LogP contribution in [-0.2, 0) is 4.74 Å². The molecule has 0 bridgehead atoms. The molecule has 2 heteroatoms. The van der Waals surface area contributed by atoms with Gasteiger partial charge in [0.2, 0.25) is 0 Å². The molecule has 1 unspecified atom stereocenters. The Morgan fingerprint density at radius 3 is 1.70 bits per heavy atom. The molecule has 0 spiro atoms. The molecule has 1 aliphatic rings. The van der Waals surface area contributed by atoms with Gasteiger partial charge in [0.15, 0.2) is 6.10 Å².